The Hall–Kier alpha value is -4.03. The summed E-state index contributed by atoms with van der Waals surface area (Å²) in [5, 5.41) is 16.4. The van der Waals surface area contributed by atoms with Crippen molar-refractivity contribution in [3.63, 3.8) is 0 Å². The Morgan fingerprint density at radius 2 is 1.27 bits per heavy atom. The molecule has 4 aromatic heterocycles. The highest BCUT2D eigenvalue weighted by molar-refractivity contribution is 7.14. The van der Waals surface area contributed by atoms with Gasteiger partial charge in [-0.15, -0.1) is 17.5 Å². The number of rotatable bonds is 6. The topological polar surface area (TPSA) is 93.2 Å². The third-order valence-electron chi connectivity index (χ3n) is 6.23. The van der Waals surface area contributed by atoms with Crippen LogP contribution in [0.4, 0.5) is 0 Å². The van der Waals surface area contributed by atoms with Gasteiger partial charge in [-0.3, -0.25) is 0 Å². The number of nitrogens with zero attached hydrogens (tertiary/aromatic N) is 7. The summed E-state index contributed by atoms with van der Waals surface area (Å²) in [4.78, 5) is 2.38. The van der Waals surface area contributed by atoms with Crippen LogP contribution in [-0.4, -0.2) is 27.5 Å². The van der Waals surface area contributed by atoms with Crippen LogP contribution in [0.15, 0.2) is 99.4 Å². The number of halogens is 2. The number of guanidine groups is 1. The lowest BCUT2D eigenvalue weighted by Crippen LogP contribution is -3.00. The maximum Gasteiger partial charge on any atom is 0.345 e. The second kappa shape index (κ2) is 12.4. The van der Waals surface area contributed by atoms with Gasteiger partial charge in [0, 0.05) is 21.9 Å². The van der Waals surface area contributed by atoms with Crippen LogP contribution in [0, 0.1) is 0 Å². The maximum absolute atomic E-state index is 5.89. The van der Waals surface area contributed by atoms with Crippen LogP contribution in [0.5, 0.6) is 0 Å². The van der Waals surface area contributed by atoms with Crippen molar-refractivity contribution in [1.29, 1.82) is 0 Å². The van der Waals surface area contributed by atoms with Crippen LogP contribution in [0.2, 0.25) is 0 Å². The van der Waals surface area contributed by atoms with Gasteiger partial charge < -0.3 is 18.1 Å². The molecule has 204 valence electrons. The predicted octanol–water partition coefficient (Wildman–Crippen LogP) is 0.996. The van der Waals surface area contributed by atoms with E-state index < -0.39 is 0 Å². The molecule has 0 aliphatic carbocycles. The predicted molar refractivity (Wildman–Crippen MR) is 161 cm³/mol. The van der Waals surface area contributed by atoms with E-state index in [-0.39, 0.29) is 30.8 Å². The first kappa shape index (κ1) is 29.0. The Bertz CT molecular complexity index is 1830. The van der Waals surface area contributed by atoms with Crippen LogP contribution < -0.4 is 32.4 Å². The highest BCUT2D eigenvalue weighted by atomic mass is 35.5. The van der Waals surface area contributed by atoms with Crippen molar-refractivity contribution in [1.82, 2.24) is 14.6 Å². The number of benzene rings is 2. The molecule has 4 heterocycles. The number of nitrogens with two attached hydrogens (primary N) is 1. The summed E-state index contributed by atoms with van der Waals surface area (Å²) in [6.45, 7) is 0. The van der Waals surface area contributed by atoms with Crippen LogP contribution in [0.3, 0.4) is 0 Å². The van der Waals surface area contributed by atoms with E-state index in [1.54, 1.807) is 35.1 Å². The molecule has 9 nitrogen and oxygen atoms in total. The van der Waals surface area contributed by atoms with Crippen LogP contribution in [0.1, 0.15) is 11.1 Å². The zero-order chi connectivity index (χ0) is 26.1. The summed E-state index contributed by atoms with van der Waals surface area (Å²) in [6.07, 6.45) is 11.7. The van der Waals surface area contributed by atoms with Crippen molar-refractivity contribution in [3.8, 4) is 22.5 Å². The molecule has 0 saturated carbocycles. The summed E-state index contributed by atoms with van der Waals surface area (Å²) >= 11 is 3.43. The molecule has 0 unspecified atom stereocenters. The normalized spacial score (nSPS) is 11.9. The van der Waals surface area contributed by atoms with Gasteiger partial charge >= 0.3 is 9.92 Å². The van der Waals surface area contributed by atoms with Crippen molar-refractivity contribution in [3.05, 3.63) is 95.2 Å². The third-order valence-corrected chi connectivity index (χ3v) is 8.14. The minimum absolute atomic E-state index is 0. The highest BCUT2D eigenvalue weighted by Gasteiger charge is 2.17. The Kier molecular flexibility index (Phi) is 9.00. The van der Waals surface area contributed by atoms with E-state index in [9.17, 15) is 0 Å². The van der Waals surface area contributed by atoms with E-state index in [0.717, 1.165) is 33.6 Å². The minimum atomic E-state index is 0. The molecule has 6 rings (SSSR count). The minimum Gasteiger partial charge on any atom is -1.00 e. The summed E-state index contributed by atoms with van der Waals surface area (Å²) in [5.41, 5.74) is 15.0. The lowest BCUT2D eigenvalue weighted by atomic mass is 10.1. The zero-order valence-corrected chi connectivity index (χ0v) is 24.8. The fraction of sp³-hybridized carbons (Fsp3) is 0.0741. The lowest BCUT2D eigenvalue weighted by molar-refractivity contribution is -0.505. The Balaban J connectivity index is 0.00000185. The standard InChI is InChI=1S/C27H25N9S2.2ClH/c1-33-23(17-35-11-13-37-26(33)35)21-7-3-19(4-8-21)15-29-31-25(28)32-30-16-20-5-9-22(10-6-20)24-18-36-12-14-38-27(36)34(24)2;;/h3-18H,1-2H3,(H3,28,31,32);2*1H/q+2;;/p-1. The molecule has 13 heteroatoms. The molecule has 0 radical (unpaired) electrons. The van der Waals surface area contributed by atoms with Gasteiger partial charge in [0.2, 0.25) is 5.96 Å². The first-order chi connectivity index (χ1) is 18.6. The molecule has 0 aliphatic heterocycles. The average molecular weight is 612 g/mol. The molecule has 3 N–H and O–H groups in total. The van der Waals surface area contributed by atoms with E-state index in [1.807, 2.05) is 24.3 Å². The third kappa shape index (κ3) is 5.77. The number of hydrogen-bond donors (Lipinski definition) is 2. The fourth-order valence-corrected chi connectivity index (χ4v) is 5.89. The van der Waals surface area contributed by atoms with Crippen molar-refractivity contribution in [2.45, 2.75) is 0 Å². The fourth-order valence-electron chi connectivity index (χ4n) is 4.28. The van der Waals surface area contributed by atoms with Gasteiger partial charge in [0.1, 0.15) is 24.8 Å². The Labute approximate surface area is 251 Å². The summed E-state index contributed by atoms with van der Waals surface area (Å²) < 4.78 is 8.63. The van der Waals surface area contributed by atoms with Gasteiger partial charge in [-0.05, 0) is 35.4 Å². The number of fused-ring (bicyclic) bond motifs is 2. The van der Waals surface area contributed by atoms with Gasteiger partial charge in [0.25, 0.3) is 0 Å². The van der Waals surface area contributed by atoms with Crippen molar-refractivity contribution < 1.29 is 21.2 Å². The lowest BCUT2D eigenvalue weighted by Gasteiger charge is -1.99. The molecule has 0 fully saturated rings. The number of aromatic nitrogens is 4. The van der Waals surface area contributed by atoms with Crippen LogP contribution in [-0.2, 0) is 14.1 Å². The van der Waals surface area contributed by atoms with E-state index in [2.05, 4.69) is 113 Å². The second-order valence-electron chi connectivity index (χ2n) is 8.68. The molecule has 2 aromatic carbocycles. The average Bonchev–Trinajstić information content (AvgIpc) is 3.70. The van der Waals surface area contributed by atoms with E-state index in [1.165, 1.54) is 9.92 Å². The molecule has 40 heavy (non-hydrogen) atoms. The van der Waals surface area contributed by atoms with Crippen molar-refractivity contribution >= 4 is 63.4 Å². The summed E-state index contributed by atoms with van der Waals surface area (Å²) in [6, 6.07) is 16.3. The number of imidazole rings is 2. The smallest absolute Gasteiger partial charge is 0.345 e. The molecule has 6 aromatic rings. The first-order valence-electron chi connectivity index (χ1n) is 11.8. The highest BCUT2D eigenvalue weighted by Crippen LogP contribution is 2.22. The van der Waals surface area contributed by atoms with E-state index in [0.29, 0.717) is 0 Å². The molecule has 0 bridgehead atoms. The number of hydrazone groups is 1. The van der Waals surface area contributed by atoms with Crippen LogP contribution >= 0.6 is 35.1 Å². The number of nitrogens with one attached hydrogen (secondary N) is 1. The van der Waals surface area contributed by atoms with Crippen LogP contribution in [0.25, 0.3) is 32.4 Å². The van der Waals surface area contributed by atoms with Gasteiger partial charge in [-0.2, -0.15) is 19.0 Å². The number of thiazole rings is 2. The Morgan fingerprint density at radius 3 is 1.75 bits per heavy atom. The molecule has 0 atom stereocenters. The zero-order valence-electron chi connectivity index (χ0n) is 21.5. The van der Waals surface area contributed by atoms with Crippen molar-refractivity contribution in [2.24, 2.45) is 35.1 Å². The molecular weight excluding hydrogens is 585 g/mol. The van der Waals surface area contributed by atoms with Gasteiger partial charge in [-0.25, -0.2) is 14.6 Å². The van der Waals surface area contributed by atoms with E-state index >= 15 is 0 Å². The maximum atomic E-state index is 5.89. The van der Waals surface area contributed by atoms with E-state index in [4.69, 9.17) is 5.73 Å². The van der Waals surface area contributed by atoms with Gasteiger partial charge in [0.05, 0.1) is 26.5 Å². The SMILES string of the molecule is Cl.Cn1c(-c2ccc(C=NN=C(N)NN=Cc3ccc(-c4c[n+]5ccsc5n4C)cc3)cc2)c[n+]2ccsc12.[Cl-]. The Morgan fingerprint density at radius 1 is 0.800 bits per heavy atom. The van der Waals surface area contributed by atoms with Gasteiger partial charge in [0.15, 0.2) is 11.4 Å². The number of aryl methyl sites for hydroxylation is 2. The molecule has 0 spiro atoms. The first-order valence-corrected chi connectivity index (χ1v) is 13.6. The monoisotopic (exact) mass is 610 g/mol. The quantitative estimate of drug-likeness (QED) is 0.127. The second-order valence-corrected chi connectivity index (χ2v) is 10.4. The van der Waals surface area contributed by atoms with Crippen molar-refractivity contribution in [2.75, 3.05) is 0 Å². The molecule has 0 saturated heterocycles. The number of hydrogen-bond acceptors (Lipinski definition) is 5. The van der Waals surface area contributed by atoms with Gasteiger partial charge in [-0.1, -0.05) is 46.9 Å². The molecule has 0 aliphatic rings. The molecule has 0 amide bonds. The summed E-state index contributed by atoms with van der Waals surface area (Å²) in [5.74, 6) is 0.104. The molecular formula is C27H26Cl2N9S2+. The largest absolute Gasteiger partial charge is 1.00 e. The summed E-state index contributed by atoms with van der Waals surface area (Å²) in [7, 11) is 4.15.